The minimum atomic E-state index is -1.18. The number of likely N-dealkylation sites (tertiary alicyclic amines) is 1. The van der Waals surface area contributed by atoms with Crippen molar-refractivity contribution < 1.29 is 19.5 Å². The van der Waals surface area contributed by atoms with E-state index in [1.54, 1.807) is 4.90 Å². The SMILES string of the molecule is O=C(Nc1ccccc1)C1CCN(C(=O)C2(C(=O)O)CC2)CC1. The van der Waals surface area contributed by atoms with E-state index in [1.807, 2.05) is 30.3 Å². The lowest BCUT2D eigenvalue weighted by molar-refractivity contribution is -0.154. The molecule has 6 heteroatoms. The highest BCUT2D eigenvalue weighted by molar-refractivity contribution is 6.05. The molecule has 0 aromatic heterocycles. The van der Waals surface area contributed by atoms with Gasteiger partial charge < -0.3 is 15.3 Å². The molecule has 0 bridgehead atoms. The van der Waals surface area contributed by atoms with Gasteiger partial charge in [-0.2, -0.15) is 0 Å². The predicted octanol–water partition coefficient (Wildman–Crippen LogP) is 1.73. The Balaban J connectivity index is 1.53. The lowest BCUT2D eigenvalue weighted by atomic mass is 9.94. The Labute approximate surface area is 134 Å². The second-order valence-electron chi connectivity index (χ2n) is 6.31. The van der Waals surface area contributed by atoms with E-state index < -0.39 is 11.4 Å². The zero-order chi connectivity index (χ0) is 16.4. The number of carboxylic acids is 1. The number of hydrogen-bond donors (Lipinski definition) is 2. The minimum absolute atomic E-state index is 0.0392. The van der Waals surface area contributed by atoms with Crippen molar-refractivity contribution in [2.24, 2.45) is 11.3 Å². The molecule has 2 fully saturated rings. The van der Waals surface area contributed by atoms with E-state index in [9.17, 15) is 19.5 Å². The first-order chi connectivity index (χ1) is 11.0. The van der Waals surface area contributed by atoms with Crippen LogP contribution < -0.4 is 5.32 Å². The van der Waals surface area contributed by atoms with Crippen molar-refractivity contribution in [2.75, 3.05) is 18.4 Å². The molecule has 1 saturated heterocycles. The van der Waals surface area contributed by atoms with Gasteiger partial charge in [-0.1, -0.05) is 18.2 Å². The van der Waals surface area contributed by atoms with E-state index in [4.69, 9.17) is 0 Å². The molecule has 2 N–H and O–H groups in total. The number of piperidine rings is 1. The summed E-state index contributed by atoms with van der Waals surface area (Å²) in [5.74, 6) is -1.49. The molecule has 0 radical (unpaired) electrons. The van der Waals surface area contributed by atoms with Crippen molar-refractivity contribution in [1.29, 1.82) is 0 Å². The van der Waals surface area contributed by atoms with Crippen LogP contribution in [0, 0.1) is 11.3 Å². The number of carbonyl (C=O) groups excluding carboxylic acids is 2. The Morgan fingerprint density at radius 3 is 2.22 bits per heavy atom. The Bertz CT molecular complexity index is 617. The average Bonchev–Trinajstić information content (AvgIpc) is 3.37. The molecular weight excluding hydrogens is 296 g/mol. The summed E-state index contributed by atoms with van der Waals surface area (Å²) in [5, 5.41) is 12.1. The molecule has 1 aromatic carbocycles. The zero-order valence-electron chi connectivity index (χ0n) is 12.8. The number of aliphatic carboxylic acids is 1. The zero-order valence-corrected chi connectivity index (χ0v) is 12.8. The van der Waals surface area contributed by atoms with E-state index in [0.29, 0.717) is 38.8 Å². The summed E-state index contributed by atoms with van der Waals surface area (Å²) in [5.41, 5.74) is -0.419. The first-order valence-electron chi connectivity index (χ1n) is 7.92. The number of nitrogens with one attached hydrogen (secondary N) is 1. The molecular formula is C17H20N2O4. The molecule has 3 rings (SSSR count). The van der Waals surface area contributed by atoms with Crippen molar-refractivity contribution in [1.82, 2.24) is 4.90 Å². The number of nitrogens with zero attached hydrogens (tertiary/aromatic N) is 1. The van der Waals surface area contributed by atoms with Crippen molar-refractivity contribution in [3.63, 3.8) is 0 Å². The van der Waals surface area contributed by atoms with Crippen LogP contribution in [0.4, 0.5) is 5.69 Å². The predicted molar refractivity (Wildman–Crippen MR) is 83.7 cm³/mol. The Kier molecular flexibility index (Phi) is 4.07. The average molecular weight is 316 g/mol. The molecule has 1 aliphatic carbocycles. The lowest BCUT2D eigenvalue weighted by Gasteiger charge is -2.33. The van der Waals surface area contributed by atoms with Gasteiger partial charge in [0.1, 0.15) is 5.41 Å². The Morgan fingerprint density at radius 2 is 1.70 bits per heavy atom. The van der Waals surface area contributed by atoms with Crippen LogP contribution in [-0.2, 0) is 14.4 Å². The van der Waals surface area contributed by atoms with Crippen LogP contribution in [0.15, 0.2) is 30.3 Å². The summed E-state index contributed by atoms with van der Waals surface area (Å²) in [6.45, 7) is 0.890. The number of hydrogen-bond acceptors (Lipinski definition) is 3. The van der Waals surface area contributed by atoms with E-state index >= 15 is 0 Å². The molecule has 2 amide bonds. The number of amides is 2. The number of benzene rings is 1. The largest absolute Gasteiger partial charge is 0.480 e. The maximum Gasteiger partial charge on any atom is 0.319 e. The normalized spacial score (nSPS) is 19.9. The van der Waals surface area contributed by atoms with Crippen molar-refractivity contribution in [3.05, 3.63) is 30.3 Å². The topological polar surface area (TPSA) is 86.7 Å². The van der Waals surface area contributed by atoms with E-state index in [2.05, 4.69) is 5.32 Å². The molecule has 23 heavy (non-hydrogen) atoms. The molecule has 0 atom stereocenters. The van der Waals surface area contributed by atoms with Crippen molar-refractivity contribution >= 4 is 23.5 Å². The van der Waals surface area contributed by atoms with Gasteiger partial charge >= 0.3 is 5.97 Å². The van der Waals surface area contributed by atoms with E-state index in [0.717, 1.165) is 5.69 Å². The Hall–Kier alpha value is -2.37. The van der Waals surface area contributed by atoms with Gasteiger partial charge in [-0.3, -0.25) is 14.4 Å². The fourth-order valence-electron chi connectivity index (χ4n) is 3.06. The highest BCUT2D eigenvalue weighted by atomic mass is 16.4. The fourth-order valence-corrected chi connectivity index (χ4v) is 3.06. The van der Waals surface area contributed by atoms with Gasteiger partial charge in [0.2, 0.25) is 11.8 Å². The summed E-state index contributed by atoms with van der Waals surface area (Å²) in [6, 6.07) is 9.27. The standard InChI is InChI=1S/C17H20N2O4/c20-14(18-13-4-2-1-3-5-13)12-6-10-19(11-7-12)15(21)17(8-9-17)16(22)23/h1-5,12H,6-11H2,(H,18,20)(H,22,23). The third-order valence-electron chi connectivity index (χ3n) is 4.76. The molecule has 2 aliphatic rings. The maximum absolute atomic E-state index is 12.3. The summed E-state index contributed by atoms with van der Waals surface area (Å²) in [6.07, 6.45) is 1.99. The molecule has 6 nitrogen and oxygen atoms in total. The van der Waals surface area contributed by atoms with Crippen molar-refractivity contribution in [3.8, 4) is 0 Å². The lowest BCUT2D eigenvalue weighted by Crippen LogP contribution is -2.46. The molecule has 1 saturated carbocycles. The molecule has 1 aromatic rings. The van der Waals surface area contributed by atoms with Gasteiger partial charge in [0.15, 0.2) is 0 Å². The first kappa shape index (κ1) is 15.5. The van der Waals surface area contributed by atoms with Crippen molar-refractivity contribution in [2.45, 2.75) is 25.7 Å². The van der Waals surface area contributed by atoms with Crippen LogP contribution in [0.1, 0.15) is 25.7 Å². The highest BCUT2D eigenvalue weighted by Gasteiger charge is 2.58. The van der Waals surface area contributed by atoms with Crippen LogP contribution >= 0.6 is 0 Å². The minimum Gasteiger partial charge on any atom is -0.480 e. The number of carboxylic acid groups (broad SMARTS) is 1. The van der Waals surface area contributed by atoms with Gasteiger partial charge in [-0.25, -0.2) is 0 Å². The number of rotatable bonds is 4. The van der Waals surface area contributed by atoms with Gasteiger partial charge in [0, 0.05) is 24.7 Å². The highest BCUT2D eigenvalue weighted by Crippen LogP contribution is 2.47. The summed E-state index contributed by atoms with van der Waals surface area (Å²) < 4.78 is 0. The maximum atomic E-state index is 12.3. The molecule has 122 valence electrons. The summed E-state index contributed by atoms with van der Waals surface area (Å²) >= 11 is 0. The number of anilines is 1. The second kappa shape index (κ2) is 6.02. The molecule has 0 spiro atoms. The smallest absolute Gasteiger partial charge is 0.319 e. The van der Waals surface area contributed by atoms with Gasteiger partial charge in [0.05, 0.1) is 0 Å². The molecule has 1 aliphatic heterocycles. The van der Waals surface area contributed by atoms with E-state index in [1.165, 1.54) is 0 Å². The second-order valence-corrected chi connectivity index (χ2v) is 6.31. The van der Waals surface area contributed by atoms with Crippen LogP contribution in [0.3, 0.4) is 0 Å². The van der Waals surface area contributed by atoms with Crippen LogP contribution in [-0.4, -0.2) is 40.9 Å². The third-order valence-corrected chi connectivity index (χ3v) is 4.76. The van der Waals surface area contributed by atoms with Crippen LogP contribution in [0.2, 0.25) is 0 Å². The Morgan fingerprint density at radius 1 is 1.09 bits per heavy atom. The molecule has 0 unspecified atom stereocenters. The van der Waals surface area contributed by atoms with Crippen LogP contribution in [0.5, 0.6) is 0 Å². The quantitative estimate of drug-likeness (QED) is 0.828. The summed E-state index contributed by atoms with van der Waals surface area (Å²) in [4.78, 5) is 37.4. The van der Waals surface area contributed by atoms with Gasteiger partial charge in [-0.05, 0) is 37.8 Å². The van der Waals surface area contributed by atoms with Gasteiger partial charge in [0.25, 0.3) is 0 Å². The first-order valence-corrected chi connectivity index (χ1v) is 7.92. The monoisotopic (exact) mass is 316 g/mol. The van der Waals surface area contributed by atoms with Crippen LogP contribution in [0.25, 0.3) is 0 Å². The third kappa shape index (κ3) is 3.06. The van der Waals surface area contributed by atoms with Gasteiger partial charge in [-0.15, -0.1) is 0 Å². The molecule has 1 heterocycles. The fraction of sp³-hybridized carbons (Fsp3) is 0.471. The number of para-hydroxylation sites is 1. The number of carbonyl (C=O) groups is 3. The summed E-state index contributed by atoms with van der Waals surface area (Å²) in [7, 11) is 0. The van der Waals surface area contributed by atoms with E-state index in [-0.39, 0.29) is 17.7 Å².